The van der Waals surface area contributed by atoms with Crippen LogP contribution in [0.4, 0.5) is 30.6 Å². The number of alkyl halides is 3. The van der Waals surface area contributed by atoms with Gasteiger partial charge < -0.3 is 16.0 Å². The Morgan fingerprint density at radius 2 is 2.07 bits per heavy atom. The third kappa shape index (κ3) is 4.64. The Bertz CT molecular complexity index is 928. The predicted octanol–water partition coefficient (Wildman–Crippen LogP) is 3.13. The van der Waals surface area contributed by atoms with E-state index in [1.165, 1.54) is 42.8 Å². The zero-order valence-electron chi connectivity index (χ0n) is 15.2. The van der Waals surface area contributed by atoms with Crippen LogP contribution in [-0.2, 0) is 11.0 Å². The number of amides is 1. The maximum absolute atomic E-state index is 12.8. The number of hydrogen-bond acceptors (Lipinski definition) is 7. The molecule has 0 unspecified atom stereocenters. The van der Waals surface area contributed by atoms with E-state index >= 15 is 0 Å². The van der Waals surface area contributed by atoms with Gasteiger partial charge in [-0.2, -0.15) is 23.4 Å². The molecule has 1 amide bonds. The largest absolute Gasteiger partial charge is 0.416 e. The normalized spacial score (nSPS) is 12.2. The van der Waals surface area contributed by atoms with Gasteiger partial charge in [-0.1, -0.05) is 6.07 Å². The minimum atomic E-state index is -4.52. The average Bonchev–Trinajstić information content (AvgIpc) is 2.65. The van der Waals surface area contributed by atoms with Gasteiger partial charge in [0, 0.05) is 12.7 Å². The highest BCUT2D eigenvalue weighted by Gasteiger charge is 2.31. The molecule has 1 aromatic heterocycles. The van der Waals surface area contributed by atoms with Gasteiger partial charge in [-0.25, -0.2) is 4.98 Å². The lowest BCUT2D eigenvalue weighted by Gasteiger charge is -2.26. The minimum absolute atomic E-state index is 0.00702. The summed E-state index contributed by atoms with van der Waals surface area (Å²) in [6, 6.07) is 5.46. The number of rotatable bonds is 5. The Labute approximate surface area is 163 Å². The molecule has 28 heavy (non-hydrogen) atoms. The highest BCUT2D eigenvalue weighted by molar-refractivity contribution is 7.98. The van der Waals surface area contributed by atoms with Gasteiger partial charge in [0.2, 0.25) is 11.9 Å². The summed E-state index contributed by atoms with van der Waals surface area (Å²) in [5.41, 5.74) is 4.97. The molecule has 0 spiro atoms. The molecular weight excluding hydrogens is 393 g/mol. The van der Waals surface area contributed by atoms with E-state index in [1.54, 1.807) is 6.26 Å². The molecule has 1 heterocycles. The van der Waals surface area contributed by atoms with Crippen LogP contribution in [0.3, 0.4) is 0 Å². The number of nitrogen functional groups attached to an aromatic ring is 1. The standard InChI is InChI=1S/C17H17F3N6OS/c1-9(14(27)23-11-6-4-5-10(7-11)17(18,19)20)26(2)13-12(8-21)15(28-3)25-16(22)24-13/h4-7,9H,1-3H3,(H,23,27)(H2,22,24,25)/t9-/m0/s1. The summed E-state index contributed by atoms with van der Waals surface area (Å²) in [5, 5.41) is 12.2. The van der Waals surface area contributed by atoms with Crippen molar-refractivity contribution >= 4 is 35.1 Å². The number of anilines is 3. The van der Waals surface area contributed by atoms with Gasteiger partial charge in [-0.3, -0.25) is 4.79 Å². The van der Waals surface area contributed by atoms with Gasteiger partial charge in [-0.05, 0) is 31.4 Å². The van der Waals surface area contributed by atoms with Crippen molar-refractivity contribution in [1.82, 2.24) is 9.97 Å². The van der Waals surface area contributed by atoms with Gasteiger partial charge in [0.1, 0.15) is 22.7 Å². The fourth-order valence-corrected chi connectivity index (χ4v) is 2.85. The molecule has 0 fully saturated rings. The number of carbonyl (C=O) groups excluding carboxylic acids is 1. The monoisotopic (exact) mass is 410 g/mol. The van der Waals surface area contributed by atoms with Crippen molar-refractivity contribution in [1.29, 1.82) is 5.26 Å². The topological polar surface area (TPSA) is 108 Å². The number of nitrogens with one attached hydrogen (secondary N) is 1. The van der Waals surface area contributed by atoms with E-state index in [-0.39, 0.29) is 23.0 Å². The highest BCUT2D eigenvalue weighted by Crippen LogP contribution is 2.31. The number of aromatic nitrogens is 2. The lowest BCUT2D eigenvalue weighted by atomic mass is 10.2. The summed E-state index contributed by atoms with van der Waals surface area (Å²) in [6.45, 7) is 1.53. The summed E-state index contributed by atoms with van der Waals surface area (Å²) < 4.78 is 38.5. The molecule has 2 rings (SSSR count). The number of thioether (sulfide) groups is 1. The minimum Gasteiger partial charge on any atom is -0.368 e. The molecular formula is C17H17F3N6OS. The summed E-state index contributed by atoms with van der Waals surface area (Å²) >= 11 is 1.20. The zero-order chi connectivity index (χ0) is 21.1. The number of nitrogens with two attached hydrogens (primary N) is 1. The lowest BCUT2D eigenvalue weighted by molar-refractivity contribution is -0.137. The number of nitrogens with zero attached hydrogens (tertiary/aromatic N) is 4. The van der Waals surface area contributed by atoms with E-state index in [1.807, 2.05) is 6.07 Å². The zero-order valence-corrected chi connectivity index (χ0v) is 16.0. The van der Waals surface area contributed by atoms with E-state index in [2.05, 4.69) is 15.3 Å². The second-order valence-corrected chi connectivity index (χ2v) is 6.55. The number of likely N-dealkylation sites (N-methyl/N-ethyl adjacent to an activating group) is 1. The SMILES string of the molecule is CSc1nc(N)nc(N(C)[C@@H](C)C(=O)Nc2cccc(C(F)(F)F)c2)c1C#N. The fraction of sp³-hybridized carbons (Fsp3) is 0.294. The number of hydrogen-bond donors (Lipinski definition) is 2. The molecule has 1 atom stereocenters. The summed E-state index contributed by atoms with van der Waals surface area (Å²) in [5.74, 6) is -0.477. The van der Waals surface area contributed by atoms with Crippen LogP contribution < -0.4 is 16.0 Å². The maximum atomic E-state index is 12.8. The Morgan fingerprint density at radius 3 is 2.64 bits per heavy atom. The molecule has 3 N–H and O–H groups in total. The van der Waals surface area contributed by atoms with Crippen LogP contribution in [0.25, 0.3) is 0 Å². The van der Waals surface area contributed by atoms with Crippen molar-refractivity contribution in [3.8, 4) is 6.07 Å². The summed E-state index contributed by atoms with van der Waals surface area (Å²) in [7, 11) is 1.53. The van der Waals surface area contributed by atoms with Gasteiger partial charge in [0.25, 0.3) is 0 Å². The van der Waals surface area contributed by atoms with E-state index in [0.29, 0.717) is 5.03 Å². The number of halogens is 3. The Kier molecular flexibility index (Phi) is 6.35. The number of carbonyl (C=O) groups is 1. The average molecular weight is 410 g/mol. The molecule has 7 nitrogen and oxygen atoms in total. The van der Waals surface area contributed by atoms with E-state index in [4.69, 9.17) is 5.73 Å². The first-order chi connectivity index (χ1) is 13.1. The van der Waals surface area contributed by atoms with Crippen molar-refractivity contribution in [2.24, 2.45) is 0 Å². The van der Waals surface area contributed by atoms with Crippen LogP contribution in [0.15, 0.2) is 29.3 Å². The quantitative estimate of drug-likeness (QED) is 0.576. The molecule has 0 aliphatic carbocycles. The smallest absolute Gasteiger partial charge is 0.368 e. The lowest BCUT2D eigenvalue weighted by Crippen LogP contribution is -2.40. The second-order valence-electron chi connectivity index (χ2n) is 5.76. The van der Waals surface area contributed by atoms with Crippen molar-refractivity contribution in [2.45, 2.75) is 24.2 Å². The number of benzene rings is 1. The van der Waals surface area contributed by atoms with Crippen molar-refractivity contribution in [3.63, 3.8) is 0 Å². The molecule has 148 valence electrons. The molecule has 0 bridgehead atoms. The van der Waals surface area contributed by atoms with Gasteiger partial charge >= 0.3 is 6.18 Å². The van der Waals surface area contributed by atoms with Crippen molar-refractivity contribution in [3.05, 3.63) is 35.4 Å². The van der Waals surface area contributed by atoms with E-state index in [9.17, 15) is 23.2 Å². The maximum Gasteiger partial charge on any atom is 0.416 e. The molecule has 2 aromatic rings. The van der Waals surface area contributed by atoms with Crippen molar-refractivity contribution < 1.29 is 18.0 Å². The van der Waals surface area contributed by atoms with Gasteiger partial charge in [-0.15, -0.1) is 11.8 Å². The van der Waals surface area contributed by atoms with Gasteiger partial charge in [0.05, 0.1) is 5.56 Å². The Balaban J connectivity index is 2.27. The predicted molar refractivity (Wildman–Crippen MR) is 101 cm³/mol. The van der Waals surface area contributed by atoms with Crippen LogP contribution >= 0.6 is 11.8 Å². The van der Waals surface area contributed by atoms with E-state index < -0.39 is 23.7 Å². The van der Waals surface area contributed by atoms with Crippen molar-refractivity contribution in [2.75, 3.05) is 29.3 Å². The van der Waals surface area contributed by atoms with Crippen LogP contribution in [0.5, 0.6) is 0 Å². The van der Waals surface area contributed by atoms with E-state index in [0.717, 1.165) is 12.1 Å². The summed E-state index contributed by atoms with van der Waals surface area (Å²) in [6.07, 6.45) is -2.80. The third-order valence-electron chi connectivity index (χ3n) is 3.93. The van der Waals surface area contributed by atoms with Crippen LogP contribution in [0.2, 0.25) is 0 Å². The molecule has 1 aromatic carbocycles. The molecule has 0 saturated carbocycles. The third-order valence-corrected chi connectivity index (χ3v) is 4.61. The molecule has 11 heteroatoms. The Hall–Kier alpha value is -3.00. The fourth-order valence-electron chi connectivity index (χ4n) is 2.33. The summed E-state index contributed by atoms with van der Waals surface area (Å²) in [4.78, 5) is 22.0. The van der Waals surface area contributed by atoms with Crippen LogP contribution in [-0.4, -0.2) is 35.2 Å². The molecule has 0 aliphatic rings. The molecule has 0 radical (unpaired) electrons. The van der Waals surface area contributed by atoms with Gasteiger partial charge in [0.15, 0.2) is 5.82 Å². The first kappa shape index (κ1) is 21.3. The second kappa shape index (κ2) is 8.35. The first-order valence-electron chi connectivity index (χ1n) is 7.91. The Morgan fingerprint density at radius 1 is 1.39 bits per heavy atom. The number of nitriles is 1. The highest BCUT2D eigenvalue weighted by atomic mass is 32.2. The first-order valence-corrected chi connectivity index (χ1v) is 9.13. The molecule has 0 aliphatic heterocycles. The molecule has 0 saturated heterocycles. The van der Waals surface area contributed by atoms with Crippen LogP contribution in [0, 0.1) is 11.3 Å². The van der Waals surface area contributed by atoms with Crippen LogP contribution in [0.1, 0.15) is 18.1 Å².